The molecular formula is C13H14BrF3. The molecule has 0 aromatic heterocycles. The average Bonchev–Trinajstić information content (AvgIpc) is 2.29. The molecule has 4 heteroatoms. The normalized spacial score (nSPS) is 18.4. The fourth-order valence-electron chi connectivity index (χ4n) is 2.45. The third kappa shape index (κ3) is 3.03. The van der Waals surface area contributed by atoms with Crippen molar-refractivity contribution in [3.63, 3.8) is 0 Å². The molecule has 1 aliphatic rings. The Bertz CT molecular complexity index is 392. The first-order chi connectivity index (χ1) is 7.98. The first-order valence-corrected chi connectivity index (χ1v) is 6.64. The second kappa shape index (κ2) is 5.01. The van der Waals surface area contributed by atoms with Crippen LogP contribution >= 0.6 is 15.9 Å². The SMILES string of the molecule is FC(F)(F)c1ccc(C2CCCCC2)c(Br)c1. The molecule has 0 unspecified atom stereocenters. The molecular weight excluding hydrogens is 293 g/mol. The molecule has 1 fully saturated rings. The van der Waals surface area contributed by atoms with Crippen molar-refractivity contribution in [3.8, 4) is 0 Å². The van der Waals surface area contributed by atoms with Crippen LogP contribution in [0.3, 0.4) is 0 Å². The predicted octanol–water partition coefficient (Wildman–Crippen LogP) is 5.52. The van der Waals surface area contributed by atoms with Crippen molar-refractivity contribution in [2.45, 2.75) is 44.2 Å². The summed E-state index contributed by atoms with van der Waals surface area (Å²) in [6.07, 6.45) is 1.52. The maximum atomic E-state index is 12.5. The smallest absolute Gasteiger partial charge is 0.166 e. The summed E-state index contributed by atoms with van der Waals surface area (Å²) in [7, 11) is 0. The molecule has 94 valence electrons. The van der Waals surface area contributed by atoms with Crippen LogP contribution in [0.1, 0.15) is 49.1 Å². The van der Waals surface area contributed by atoms with Gasteiger partial charge in [-0.25, -0.2) is 0 Å². The summed E-state index contributed by atoms with van der Waals surface area (Å²) in [5.41, 5.74) is 0.446. The lowest BCUT2D eigenvalue weighted by atomic mass is 9.84. The second-order valence-electron chi connectivity index (χ2n) is 4.57. The molecule has 0 saturated heterocycles. The van der Waals surface area contributed by atoms with Crippen LogP contribution in [0.2, 0.25) is 0 Å². The Morgan fingerprint density at radius 3 is 2.24 bits per heavy atom. The fourth-order valence-corrected chi connectivity index (χ4v) is 3.15. The van der Waals surface area contributed by atoms with Crippen molar-refractivity contribution in [1.82, 2.24) is 0 Å². The van der Waals surface area contributed by atoms with Gasteiger partial charge in [0.1, 0.15) is 0 Å². The van der Waals surface area contributed by atoms with Crippen LogP contribution in [0.15, 0.2) is 22.7 Å². The van der Waals surface area contributed by atoms with Gasteiger partial charge in [0, 0.05) is 4.47 Å². The second-order valence-corrected chi connectivity index (χ2v) is 5.42. The van der Waals surface area contributed by atoms with Crippen LogP contribution in [0.4, 0.5) is 13.2 Å². The molecule has 0 amide bonds. The highest BCUT2D eigenvalue weighted by Gasteiger charge is 2.31. The van der Waals surface area contributed by atoms with Crippen molar-refractivity contribution in [2.24, 2.45) is 0 Å². The Hall–Kier alpha value is -0.510. The molecule has 1 saturated carbocycles. The summed E-state index contributed by atoms with van der Waals surface area (Å²) in [6, 6.07) is 4.02. The van der Waals surface area contributed by atoms with E-state index in [0.29, 0.717) is 10.4 Å². The summed E-state index contributed by atoms with van der Waals surface area (Å²) >= 11 is 3.28. The van der Waals surface area contributed by atoms with E-state index in [1.807, 2.05) is 0 Å². The van der Waals surface area contributed by atoms with Gasteiger partial charge in [0.25, 0.3) is 0 Å². The summed E-state index contributed by atoms with van der Waals surface area (Å²) < 4.78 is 38.2. The van der Waals surface area contributed by atoms with Gasteiger partial charge < -0.3 is 0 Å². The number of alkyl halides is 3. The summed E-state index contributed by atoms with van der Waals surface area (Å²) in [6.45, 7) is 0. The Balaban J connectivity index is 2.25. The van der Waals surface area contributed by atoms with Gasteiger partial charge in [-0.3, -0.25) is 0 Å². The first-order valence-electron chi connectivity index (χ1n) is 5.85. The van der Waals surface area contributed by atoms with Crippen LogP contribution in [-0.4, -0.2) is 0 Å². The molecule has 0 atom stereocenters. The highest BCUT2D eigenvalue weighted by atomic mass is 79.9. The molecule has 17 heavy (non-hydrogen) atoms. The van der Waals surface area contributed by atoms with Crippen LogP contribution in [0.25, 0.3) is 0 Å². The van der Waals surface area contributed by atoms with Gasteiger partial charge >= 0.3 is 6.18 Å². The van der Waals surface area contributed by atoms with E-state index in [2.05, 4.69) is 15.9 Å². The van der Waals surface area contributed by atoms with Gasteiger partial charge in [0.15, 0.2) is 0 Å². The molecule has 1 aromatic rings. The fraction of sp³-hybridized carbons (Fsp3) is 0.538. The summed E-state index contributed by atoms with van der Waals surface area (Å²) in [4.78, 5) is 0. The van der Waals surface area contributed by atoms with E-state index in [9.17, 15) is 13.2 Å². The predicted molar refractivity (Wildman–Crippen MR) is 65.0 cm³/mol. The van der Waals surface area contributed by atoms with E-state index in [0.717, 1.165) is 18.4 Å². The maximum Gasteiger partial charge on any atom is 0.416 e. The minimum atomic E-state index is -4.26. The molecule has 0 bridgehead atoms. The molecule has 0 nitrogen and oxygen atoms in total. The van der Waals surface area contributed by atoms with Crippen LogP contribution in [0, 0.1) is 0 Å². The third-order valence-corrected chi connectivity index (χ3v) is 4.06. The van der Waals surface area contributed by atoms with Gasteiger partial charge in [-0.15, -0.1) is 0 Å². The maximum absolute atomic E-state index is 12.5. The molecule has 1 aromatic carbocycles. The molecule has 2 rings (SSSR count). The van der Waals surface area contributed by atoms with Crippen LogP contribution in [-0.2, 0) is 6.18 Å². The molecule has 0 heterocycles. The number of halogens is 4. The average molecular weight is 307 g/mol. The van der Waals surface area contributed by atoms with E-state index in [4.69, 9.17) is 0 Å². The third-order valence-electron chi connectivity index (χ3n) is 3.37. The molecule has 0 aliphatic heterocycles. The van der Waals surface area contributed by atoms with E-state index < -0.39 is 11.7 Å². The Labute approximate surface area is 107 Å². The lowest BCUT2D eigenvalue weighted by Crippen LogP contribution is -2.08. The van der Waals surface area contributed by atoms with Crippen LogP contribution in [0.5, 0.6) is 0 Å². The number of hydrogen-bond donors (Lipinski definition) is 0. The zero-order chi connectivity index (χ0) is 12.5. The lowest BCUT2D eigenvalue weighted by Gasteiger charge is -2.23. The van der Waals surface area contributed by atoms with E-state index in [1.54, 1.807) is 6.07 Å². The highest BCUT2D eigenvalue weighted by molar-refractivity contribution is 9.10. The topological polar surface area (TPSA) is 0 Å². The van der Waals surface area contributed by atoms with E-state index >= 15 is 0 Å². The minimum absolute atomic E-state index is 0.417. The summed E-state index contributed by atoms with van der Waals surface area (Å²) in [5, 5.41) is 0. The number of benzene rings is 1. The Kier molecular flexibility index (Phi) is 3.81. The quantitative estimate of drug-likeness (QED) is 0.641. The van der Waals surface area contributed by atoms with E-state index in [-0.39, 0.29) is 0 Å². The van der Waals surface area contributed by atoms with Crippen molar-refractivity contribution < 1.29 is 13.2 Å². The van der Waals surface area contributed by atoms with Gasteiger partial charge in [-0.2, -0.15) is 13.2 Å². The first kappa shape index (κ1) is 12.9. The zero-order valence-corrected chi connectivity index (χ0v) is 10.9. The van der Waals surface area contributed by atoms with Crippen molar-refractivity contribution in [2.75, 3.05) is 0 Å². The highest BCUT2D eigenvalue weighted by Crippen LogP contribution is 2.39. The molecule has 0 N–H and O–H groups in total. The Morgan fingerprint density at radius 2 is 1.71 bits per heavy atom. The number of hydrogen-bond acceptors (Lipinski definition) is 0. The van der Waals surface area contributed by atoms with E-state index in [1.165, 1.54) is 31.4 Å². The zero-order valence-electron chi connectivity index (χ0n) is 9.36. The standard InChI is InChI=1S/C13H14BrF3/c14-12-8-10(13(15,16)17)6-7-11(12)9-4-2-1-3-5-9/h6-9H,1-5H2. The van der Waals surface area contributed by atoms with Gasteiger partial charge in [0.05, 0.1) is 5.56 Å². The molecule has 1 aliphatic carbocycles. The monoisotopic (exact) mass is 306 g/mol. The van der Waals surface area contributed by atoms with Gasteiger partial charge in [0.2, 0.25) is 0 Å². The number of rotatable bonds is 1. The molecule has 0 radical (unpaired) electrons. The largest absolute Gasteiger partial charge is 0.416 e. The molecule has 0 spiro atoms. The van der Waals surface area contributed by atoms with Crippen LogP contribution < -0.4 is 0 Å². The van der Waals surface area contributed by atoms with Crippen molar-refractivity contribution in [3.05, 3.63) is 33.8 Å². The lowest BCUT2D eigenvalue weighted by molar-refractivity contribution is -0.137. The van der Waals surface area contributed by atoms with Crippen molar-refractivity contribution >= 4 is 15.9 Å². The van der Waals surface area contributed by atoms with Gasteiger partial charge in [-0.05, 0) is 36.5 Å². The summed E-state index contributed by atoms with van der Waals surface area (Å²) in [5.74, 6) is 0.417. The Morgan fingerprint density at radius 1 is 1.06 bits per heavy atom. The minimum Gasteiger partial charge on any atom is -0.166 e. The van der Waals surface area contributed by atoms with Crippen molar-refractivity contribution in [1.29, 1.82) is 0 Å². The van der Waals surface area contributed by atoms with Gasteiger partial charge in [-0.1, -0.05) is 41.3 Å².